The molecule has 0 radical (unpaired) electrons. The molecule has 1 aromatic heterocycles. The van der Waals surface area contributed by atoms with Crippen LogP contribution in [0.2, 0.25) is 0 Å². The quantitative estimate of drug-likeness (QED) is 0.205. The van der Waals surface area contributed by atoms with Gasteiger partial charge in [0, 0.05) is 35.4 Å². The van der Waals surface area contributed by atoms with E-state index in [9.17, 15) is 0 Å². The second kappa shape index (κ2) is 10.1. The van der Waals surface area contributed by atoms with Gasteiger partial charge in [-0.05, 0) is 31.0 Å². The van der Waals surface area contributed by atoms with Gasteiger partial charge in [0.05, 0.1) is 19.7 Å². The molecule has 7 heteroatoms. The number of aromatic nitrogens is 1. The van der Waals surface area contributed by atoms with Crippen LogP contribution in [0.1, 0.15) is 12.1 Å². The smallest absolute Gasteiger partial charge is 0.193 e. The number of hydrogen-bond donors (Lipinski definition) is 3. The first kappa shape index (κ1) is 20.9. The lowest BCUT2D eigenvalue weighted by atomic mass is 10.2. The van der Waals surface area contributed by atoms with Gasteiger partial charge in [-0.3, -0.25) is 4.99 Å². The van der Waals surface area contributed by atoms with Crippen LogP contribution in [0.5, 0.6) is 11.5 Å². The Morgan fingerprint density at radius 2 is 1.89 bits per heavy atom. The summed E-state index contributed by atoms with van der Waals surface area (Å²) < 4.78 is 10.8. The topological polar surface area (TPSA) is 84.7 Å². The van der Waals surface area contributed by atoms with Crippen molar-refractivity contribution < 1.29 is 9.47 Å². The average molecular weight is 480 g/mol. The maximum Gasteiger partial charge on any atom is 0.193 e. The first-order valence-corrected chi connectivity index (χ1v) is 8.55. The second-order valence-electron chi connectivity index (χ2n) is 5.95. The molecule has 6 nitrogen and oxygen atoms in total. The lowest BCUT2D eigenvalue weighted by Gasteiger charge is -2.05. The fourth-order valence-corrected chi connectivity index (χ4v) is 2.84. The average Bonchev–Trinajstić information content (AvgIpc) is 3.08. The van der Waals surface area contributed by atoms with Crippen LogP contribution in [0.15, 0.2) is 53.5 Å². The number of aromatic amines is 1. The van der Waals surface area contributed by atoms with E-state index >= 15 is 0 Å². The van der Waals surface area contributed by atoms with E-state index < -0.39 is 0 Å². The predicted molar refractivity (Wildman–Crippen MR) is 122 cm³/mol. The first-order valence-electron chi connectivity index (χ1n) is 8.55. The van der Waals surface area contributed by atoms with Gasteiger partial charge in [-0.15, -0.1) is 24.0 Å². The van der Waals surface area contributed by atoms with Gasteiger partial charge in [-0.25, -0.2) is 0 Å². The van der Waals surface area contributed by atoms with E-state index in [-0.39, 0.29) is 24.0 Å². The molecule has 0 aliphatic heterocycles. The highest BCUT2D eigenvalue weighted by Crippen LogP contribution is 2.31. The zero-order chi connectivity index (χ0) is 18.4. The van der Waals surface area contributed by atoms with Gasteiger partial charge in [0.2, 0.25) is 0 Å². The number of nitrogens with one attached hydrogen (secondary N) is 2. The number of benzene rings is 2. The van der Waals surface area contributed by atoms with E-state index in [1.807, 2.05) is 42.5 Å². The van der Waals surface area contributed by atoms with Crippen molar-refractivity contribution in [1.82, 2.24) is 4.98 Å². The molecule has 0 amide bonds. The van der Waals surface area contributed by atoms with Crippen LogP contribution in [-0.2, 0) is 6.42 Å². The highest BCUT2D eigenvalue weighted by atomic mass is 127. The number of guanidine groups is 1. The Morgan fingerprint density at radius 1 is 1.11 bits per heavy atom. The highest BCUT2D eigenvalue weighted by Gasteiger charge is 2.09. The number of para-hydroxylation sites is 1. The van der Waals surface area contributed by atoms with Gasteiger partial charge >= 0.3 is 0 Å². The summed E-state index contributed by atoms with van der Waals surface area (Å²) in [6.45, 7) is 0.654. The Balaban J connectivity index is 0.00000261. The minimum Gasteiger partial charge on any atom is -0.497 e. The van der Waals surface area contributed by atoms with Crippen LogP contribution in [0.4, 0.5) is 5.69 Å². The van der Waals surface area contributed by atoms with E-state index in [2.05, 4.69) is 21.4 Å². The third-order valence-electron chi connectivity index (χ3n) is 4.12. The first-order chi connectivity index (χ1) is 12.7. The normalized spacial score (nSPS) is 11.1. The molecule has 0 aliphatic carbocycles. The molecule has 0 bridgehead atoms. The predicted octanol–water partition coefficient (Wildman–Crippen LogP) is 4.16. The zero-order valence-corrected chi connectivity index (χ0v) is 17.8. The molecule has 0 saturated carbocycles. The number of aliphatic imine (C=N–C) groups is 1. The van der Waals surface area contributed by atoms with E-state index in [1.54, 1.807) is 14.2 Å². The molecule has 0 atom stereocenters. The third kappa shape index (κ3) is 5.53. The van der Waals surface area contributed by atoms with Crippen LogP contribution < -0.4 is 20.5 Å². The number of rotatable bonds is 7. The molecule has 3 rings (SSSR count). The fourth-order valence-electron chi connectivity index (χ4n) is 2.84. The molecular formula is C20H25IN4O2. The van der Waals surface area contributed by atoms with Crippen LogP contribution in [-0.4, -0.2) is 31.7 Å². The van der Waals surface area contributed by atoms with E-state index in [1.165, 1.54) is 0 Å². The molecule has 1 heterocycles. The minimum atomic E-state index is 0. The minimum absolute atomic E-state index is 0. The molecule has 0 spiro atoms. The number of aryl methyl sites for hydroxylation is 1. The summed E-state index contributed by atoms with van der Waals surface area (Å²) >= 11 is 0. The SMILES string of the molecule is COc1cc(OC)c2cc(CCCN=C(N)Nc3ccccc3)[nH]c2c1.I. The van der Waals surface area contributed by atoms with Crippen molar-refractivity contribution in [3.63, 3.8) is 0 Å². The summed E-state index contributed by atoms with van der Waals surface area (Å²) in [4.78, 5) is 7.79. The van der Waals surface area contributed by atoms with Crippen molar-refractivity contribution in [2.45, 2.75) is 12.8 Å². The maximum atomic E-state index is 5.92. The third-order valence-corrected chi connectivity index (χ3v) is 4.12. The lowest BCUT2D eigenvalue weighted by Crippen LogP contribution is -2.22. The Kier molecular flexibility index (Phi) is 7.78. The van der Waals surface area contributed by atoms with Gasteiger partial charge in [0.25, 0.3) is 0 Å². The Bertz CT molecular complexity index is 894. The number of halogens is 1. The number of methoxy groups -OCH3 is 2. The molecule has 0 fully saturated rings. The van der Waals surface area contributed by atoms with Crippen LogP contribution in [0.3, 0.4) is 0 Å². The van der Waals surface area contributed by atoms with Crippen LogP contribution >= 0.6 is 24.0 Å². The number of hydrogen-bond acceptors (Lipinski definition) is 3. The standard InChI is InChI=1S/C20H24N4O2.HI/c1-25-16-12-18-17(19(13-16)26-2)11-15(23-18)9-6-10-22-20(21)24-14-7-4-3-5-8-14;/h3-5,7-8,11-13,23H,6,9-10H2,1-2H3,(H3,21,22,24);1H. The van der Waals surface area contributed by atoms with E-state index in [0.717, 1.165) is 46.6 Å². The van der Waals surface area contributed by atoms with Gasteiger partial charge in [-0.1, -0.05) is 18.2 Å². The monoisotopic (exact) mass is 480 g/mol. The summed E-state index contributed by atoms with van der Waals surface area (Å²) in [5, 5.41) is 4.13. The Morgan fingerprint density at radius 3 is 2.59 bits per heavy atom. The number of ether oxygens (including phenoxy) is 2. The molecule has 0 aliphatic rings. The molecule has 27 heavy (non-hydrogen) atoms. The summed E-state index contributed by atoms with van der Waals surface area (Å²) in [5.74, 6) is 2.00. The van der Waals surface area contributed by atoms with Crippen molar-refractivity contribution >= 4 is 46.5 Å². The molecule has 4 N–H and O–H groups in total. The molecule has 2 aromatic carbocycles. The fraction of sp³-hybridized carbons (Fsp3) is 0.250. The van der Waals surface area contributed by atoms with Crippen molar-refractivity contribution in [1.29, 1.82) is 0 Å². The zero-order valence-electron chi connectivity index (χ0n) is 15.5. The summed E-state index contributed by atoms with van der Waals surface area (Å²) in [7, 11) is 3.31. The number of anilines is 1. The number of fused-ring (bicyclic) bond motifs is 1. The van der Waals surface area contributed by atoms with Gasteiger partial charge < -0.3 is 25.5 Å². The van der Waals surface area contributed by atoms with Gasteiger partial charge in [-0.2, -0.15) is 0 Å². The highest BCUT2D eigenvalue weighted by molar-refractivity contribution is 14.0. The number of nitrogens with two attached hydrogens (primary N) is 1. The van der Waals surface area contributed by atoms with Crippen molar-refractivity contribution in [3.8, 4) is 11.5 Å². The van der Waals surface area contributed by atoms with Crippen molar-refractivity contribution in [2.75, 3.05) is 26.1 Å². The molecular weight excluding hydrogens is 455 g/mol. The summed E-state index contributed by atoms with van der Waals surface area (Å²) in [6, 6.07) is 15.8. The Hall–Kier alpha value is -2.42. The maximum absolute atomic E-state index is 5.92. The van der Waals surface area contributed by atoms with Gasteiger partial charge in [0.1, 0.15) is 11.5 Å². The number of H-pyrrole nitrogens is 1. The van der Waals surface area contributed by atoms with Crippen LogP contribution in [0.25, 0.3) is 10.9 Å². The summed E-state index contributed by atoms with van der Waals surface area (Å²) in [5.41, 5.74) is 8.99. The molecule has 3 aromatic rings. The van der Waals surface area contributed by atoms with E-state index in [4.69, 9.17) is 15.2 Å². The number of nitrogens with zero attached hydrogens (tertiary/aromatic N) is 1. The van der Waals surface area contributed by atoms with Crippen molar-refractivity contribution in [3.05, 3.63) is 54.2 Å². The largest absolute Gasteiger partial charge is 0.497 e. The van der Waals surface area contributed by atoms with E-state index in [0.29, 0.717) is 12.5 Å². The molecule has 144 valence electrons. The second-order valence-corrected chi connectivity index (χ2v) is 5.95. The van der Waals surface area contributed by atoms with Crippen molar-refractivity contribution in [2.24, 2.45) is 10.7 Å². The molecule has 0 saturated heterocycles. The molecule has 0 unspecified atom stereocenters. The lowest BCUT2D eigenvalue weighted by molar-refractivity contribution is 0.398. The van der Waals surface area contributed by atoms with Gasteiger partial charge in [0.15, 0.2) is 5.96 Å². The van der Waals surface area contributed by atoms with Crippen LogP contribution in [0, 0.1) is 0 Å². The Labute approximate surface area is 176 Å². The summed E-state index contributed by atoms with van der Waals surface area (Å²) in [6.07, 6.45) is 1.77.